The first-order chi connectivity index (χ1) is 10.6. The van der Waals surface area contributed by atoms with Gasteiger partial charge in [-0.15, -0.1) is 0 Å². The van der Waals surface area contributed by atoms with Crippen LogP contribution in [0.25, 0.3) is 0 Å². The van der Waals surface area contributed by atoms with Gasteiger partial charge < -0.3 is 19.7 Å². The Morgan fingerprint density at radius 2 is 1.50 bits per heavy atom. The molecule has 120 valence electrons. The van der Waals surface area contributed by atoms with Crippen LogP contribution in [0.5, 0.6) is 0 Å². The van der Waals surface area contributed by atoms with Crippen LogP contribution in [0.15, 0.2) is 16.7 Å². The highest BCUT2D eigenvalue weighted by atomic mass is 79.9. The summed E-state index contributed by atoms with van der Waals surface area (Å²) in [6.45, 7) is 4.15. The number of aromatic amines is 1. The molecule has 22 heavy (non-hydrogen) atoms. The van der Waals surface area contributed by atoms with Crippen molar-refractivity contribution in [1.29, 1.82) is 0 Å². The van der Waals surface area contributed by atoms with E-state index in [1.807, 2.05) is 9.80 Å². The molecule has 2 fully saturated rings. The number of piperidine rings is 1. The molecule has 0 spiro atoms. The first kappa shape index (κ1) is 15.4. The lowest BCUT2D eigenvalue weighted by Crippen LogP contribution is -2.54. The Hall–Kier alpha value is -1.50. The highest BCUT2D eigenvalue weighted by molar-refractivity contribution is 9.10. The second-order valence-electron chi connectivity index (χ2n) is 5.84. The standard InChI is InChI=1S/C15H21BrN4O2/c16-12-10-13(17-11-12)14(21)18-6-8-20(9-7-18)15(22)19-4-2-1-3-5-19/h10-11,17H,1-9H2. The SMILES string of the molecule is O=C(c1cc(Br)c[nH]1)N1CCN(C(=O)N2CCCCC2)CC1. The first-order valence-corrected chi connectivity index (χ1v) is 8.61. The molecule has 3 heterocycles. The predicted molar refractivity (Wildman–Crippen MR) is 86.8 cm³/mol. The number of hydrogen-bond acceptors (Lipinski definition) is 2. The zero-order chi connectivity index (χ0) is 15.5. The van der Waals surface area contributed by atoms with Crippen LogP contribution in [0.2, 0.25) is 0 Å². The van der Waals surface area contributed by atoms with E-state index in [1.165, 1.54) is 6.42 Å². The summed E-state index contributed by atoms with van der Waals surface area (Å²) in [5, 5.41) is 0. The molecule has 2 aliphatic heterocycles. The third-order valence-corrected chi connectivity index (χ3v) is 4.80. The molecule has 1 aromatic rings. The van der Waals surface area contributed by atoms with Gasteiger partial charge in [0.15, 0.2) is 0 Å². The number of halogens is 1. The maximum Gasteiger partial charge on any atom is 0.320 e. The van der Waals surface area contributed by atoms with Gasteiger partial charge in [-0.25, -0.2) is 4.79 Å². The van der Waals surface area contributed by atoms with Crippen molar-refractivity contribution in [2.24, 2.45) is 0 Å². The molecule has 0 bridgehead atoms. The number of carbonyl (C=O) groups is 2. The summed E-state index contributed by atoms with van der Waals surface area (Å²) in [6, 6.07) is 1.92. The summed E-state index contributed by atoms with van der Waals surface area (Å²) in [5.41, 5.74) is 0.586. The van der Waals surface area contributed by atoms with Gasteiger partial charge in [-0.05, 0) is 41.3 Å². The monoisotopic (exact) mass is 368 g/mol. The molecule has 0 saturated carbocycles. The Morgan fingerprint density at radius 3 is 2.09 bits per heavy atom. The summed E-state index contributed by atoms with van der Waals surface area (Å²) >= 11 is 3.34. The summed E-state index contributed by atoms with van der Waals surface area (Å²) in [6.07, 6.45) is 5.18. The van der Waals surface area contributed by atoms with Crippen LogP contribution in [-0.2, 0) is 0 Å². The molecule has 0 aliphatic carbocycles. The number of rotatable bonds is 1. The van der Waals surface area contributed by atoms with Crippen molar-refractivity contribution in [2.75, 3.05) is 39.3 Å². The van der Waals surface area contributed by atoms with Gasteiger partial charge in [-0.1, -0.05) is 0 Å². The highest BCUT2D eigenvalue weighted by Gasteiger charge is 2.28. The molecule has 7 heteroatoms. The quantitative estimate of drug-likeness (QED) is 0.825. The third-order valence-electron chi connectivity index (χ3n) is 4.34. The zero-order valence-corrected chi connectivity index (χ0v) is 14.1. The van der Waals surface area contributed by atoms with Gasteiger partial charge >= 0.3 is 6.03 Å². The summed E-state index contributed by atoms with van der Waals surface area (Å²) in [4.78, 5) is 33.4. The minimum atomic E-state index is -0.00392. The van der Waals surface area contributed by atoms with Crippen LogP contribution in [0.4, 0.5) is 4.79 Å². The molecule has 3 rings (SSSR count). The Morgan fingerprint density at radius 1 is 0.909 bits per heavy atom. The lowest BCUT2D eigenvalue weighted by Gasteiger charge is -2.38. The maximum absolute atomic E-state index is 12.4. The molecule has 1 N–H and O–H groups in total. The second-order valence-corrected chi connectivity index (χ2v) is 6.76. The van der Waals surface area contributed by atoms with E-state index in [-0.39, 0.29) is 11.9 Å². The van der Waals surface area contributed by atoms with E-state index in [0.717, 1.165) is 30.4 Å². The second kappa shape index (κ2) is 6.73. The first-order valence-electron chi connectivity index (χ1n) is 7.82. The number of nitrogens with one attached hydrogen (secondary N) is 1. The van der Waals surface area contributed by atoms with Crippen molar-refractivity contribution < 1.29 is 9.59 Å². The molecule has 0 unspecified atom stereocenters. The summed E-state index contributed by atoms with van der Waals surface area (Å²) in [5.74, 6) is -0.00392. The predicted octanol–water partition coefficient (Wildman–Crippen LogP) is 2.14. The molecule has 2 saturated heterocycles. The zero-order valence-electron chi connectivity index (χ0n) is 12.6. The lowest BCUT2D eigenvalue weighted by atomic mass is 10.1. The molecule has 2 aliphatic rings. The van der Waals surface area contributed by atoms with Crippen LogP contribution < -0.4 is 0 Å². The fourth-order valence-electron chi connectivity index (χ4n) is 3.05. The normalized spacial score (nSPS) is 19.4. The van der Waals surface area contributed by atoms with Gasteiger partial charge in [0, 0.05) is 49.9 Å². The Labute approximate surface area is 138 Å². The number of H-pyrrole nitrogens is 1. The third kappa shape index (κ3) is 3.29. The number of likely N-dealkylation sites (tertiary alicyclic amines) is 1. The summed E-state index contributed by atoms with van der Waals surface area (Å²) in [7, 11) is 0. The van der Waals surface area contributed by atoms with Gasteiger partial charge in [0.25, 0.3) is 5.91 Å². The number of carbonyl (C=O) groups excluding carboxylic acids is 2. The van der Waals surface area contributed by atoms with Crippen molar-refractivity contribution in [3.63, 3.8) is 0 Å². The largest absolute Gasteiger partial charge is 0.356 e. The maximum atomic E-state index is 12.4. The molecular weight excluding hydrogens is 348 g/mol. The molecule has 0 atom stereocenters. The Bertz CT molecular complexity index is 545. The average molecular weight is 369 g/mol. The van der Waals surface area contributed by atoms with E-state index in [1.54, 1.807) is 17.2 Å². The Kier molecular flexibility index (Phi) is 4.71. The van der Waals surface area contributed by atoms with Crippen LogP contribution >= 0.6 is 15.9 Å². The fourth-order valence-corrected chi connectivity index (χ4v) is 3.39. The average Bonchev–Trinajstić information content (AvgIpc) is 3.01. The summed E-state index contributed by atoms with van der Waals surface area (Å²) < 4.78 is 0.870. The Balaban J connectivity index is 1.53. The van der Waals surface area contributed by atoms with Crippen LogP contribution in [0.1, 0.15) is 29.8 Å². The van der Waals surface area contributed by atoms with Gasteiger partial charge in [-0.2, -0.15) is 0 Å². The molecular formula is C15H21BrN4O2. The van der Waals surface area contributed by atoms with Crippen molar-refractivity contribution in [1.82, 2.24) is 19.7 Å². The number of piperazine rings is 1. The molecule has 0 radical (unpaired) electrons. The van der Waals surface area contributed by atoms with Crippen LogP contribution in [0, 0.1) is 0 Å². The smallest absolute Gasteiger partial charge is 0.320 e. The fraction of sp³-hybridized carbons (Fsp3) is 0.600. The van der Waals surface area contributed by atoms with Crippen molar-refractivity contribution in [3.8, 4) is 0 Å². The molecule has 1 aromatic heterocycles. The van der Waals surface area contributed by atoms with E-state index in [2.05, 4.69) is 20.9 Å². The van der Waals surface area contributed by atoms with E-state index in [0.29, 0.717) is 31.9 Å². The topological polar surface area (TPSA) is 59.7 Å². The molecule has 6 nitrogen and oxygen atoms in total. The number of nitrogens with zero attached hydrogens (tertiary/aromatic N) is 3. The van der Waals surface area contributed by atoms with Gasteiger partial charge in [-0.3, -0.25) is 4.79 Å². The van der Waals surface area contributed by atoms with Crippen LogP contribution in [-0.4, -0.2) is 70.9 Å². The van der Waals surface area contributed by atoms with Crippen molar-refractivity contribution in [2.45, 2.75) is 19.3 Å². The van der Waals surface area contributed by atoms with Crippen molar-refractivity contribution in [3.05, 3.63) is 22.4 Å². The number of hydrogen-bond donors (Lipinski definition) is 1. The number of aromatic nitrogens is 1. The van der Waals surface area contributed by atoms with Crippen LogP contribution in [0.3, 0.4) is 0 Å². The highest BCUT2D eigenvalue weighted by Crippen LogP contribution is 2.16. The minimum absolute atomic E-state index is 0.00392. The minimum Gasteiger partial charge on any atom is -0.356 e. The van der Waals surface area contributed by atoms with Gasteiger partial charge in [0.1, 0.15) is 5.69 Å². The van der Waals surface area contributed by atoms with E-state index < -0.39 is 0 Å². The molecule has 3 amide bonds. The molecule has 0 aromatic carbocycles. The number of amides is 3. The van der Waals surface area contributed by atoms with E-state index in [9.17, 15) is 9.59 Å². The van der Waals surface area contributed by atoms with Gasteiger partial charge in [0.2, 0.25) is 0 Å². The van der Waals surface area contributed by atoms with E-state index in [4.69, 9.17) is 0 Å². The number of urea groups is 1. The van der Waals surface area contributed by atoms with E-state index >= 15 is 0 Å². The van der Waals surface area contributed by atoms with Gasteiger partial charge in [0.05, 0.1) is 0 Å². The lowest BCUT2D eigenvalue weighted by molar-refractivity contribution is 0.0628. The van der Waals surface area contributed by atoms with Crippen molar-refractivity contribution >= 4 is 27.9 Å².